The molecule has 0 spiro atoms. The van der Waals surface area contributed by atoms with Crippen LogP contribution in [0.1, 0.15) is 19.3 Å². The van der Waals surface area contributed by atoms with E-state index in [2.05, 4.69) is 32.0 Å². The third kappa shape index (κ3) is 2.50. The smallest absolute Gasteiger partial charge is 0.225 e. The van der Waals surface area contributed by atoms with E-state index in [9.17, 15) is 0 Å². The lowest BCUT2D eigenvalue weighted by molar-refractivity contribution is 0.108. The number of hydrogen-bond acceptors (Lipinski definition) is 6. The molecule has 3 rings (SSSR count). The predicted molar refractivity (Wildman–Crippen MR) is 79.0 cm³/mol. The van der Waals surface area contributed by atoms with E-state index >= 15 is 0 Å². The van der Waals surface area contributed by atoms with Gasteiger partial charge in [-0.25, -0.2) is 4.98 Å². The summed E-state index contributed by atoms with van der Waals surface area (Å²) in [7, 11) is 3.63. The number of anilines is 2. The number of nitrogens with zero attached hydrogens (tertiary/aromatic N) is 2. The molecule has 2 N–H and O–H groups in total. The van der Waals surface area contributed by atoms with Crippen molar-refractivity contribution >= 4 is 33.3 Å². The molecule has 0 aliphatic heterocycles. The number of nitrogens with one attached hydrogen (secondary N) is 2. The molecule has 0 aromatic carbocycles. The fraction of sp³-hybridized carbons (Fsp3) is 0.538. The van der Waals surface area contributed by atoms with Gasteiger partial charge in [-0.1, -0.05) is 0 Å². The van der Waals surface area contributed by atoms with Crippen molar-refractivity contribution in [2.75, 3.05) is 24.8 Å². The minimum Gasteiger partial charge on any atom is -0.381 e. The van der Waals surface area contributed by atoms with Gasteiger partial charge in [0.15, 0.2) is 0 Å². The van der Waals surface area contributed by atoms with Crippen molar-refractivity contribution in [3.05, 3.63) is 11.4 Å². The predicted octanol–water partition coefficient (Wildman–Crippen LogP) is 2.71. The van der Waals surface area contributed by atoms with Crippen LogP contribution in [0.3, 0.4) is 0 Å². The van der Waals surface area contributed by atoms with Gasteiger partial charge in [0.25, 0.3) is 0 Å². The number of aromatic nitrogens is 2. The lowest BCUT2D eigenvalue weighted by Gasteiger charge is -2.15. The van der Waals surface area contributed by atoms with Crippen LogP contribution >= 0.6 is 11.3 Å². The van der Waals surface area contributed by atoms with E-state index in [4.69, 9.17) is 4.74 Å². The van der Waals surface area contributed by atoms with Gasteiger partial charge in [-0.15, -0.1) is 11.3 Å². The minimum atomic E-state index is 0.376. The quantitative estimate of drug-likeness (QED) is 0.900. The summed E-state index contributed by atoms with van der Waals surface area (Å²) in [6.45, 7) is 0. The molecule has 1 aliphatic rings. The Balaban J connectivity index is 1.85. The standard InChI is InChI=1S/C13H18N4OS/c1-14-13-16-11(10-5-6-19-12(10)17-13)15-8-3-4-9(7-8)18-2/h5-6,8-9H,3-4,7H2,1-2H3,(H2,14,15,16,17). The number of thiophene rings is 1. The second kappa shape index (κ2) is 5.30. The van der Waals surface area contributed by atoms with Gasteiger partial charge in [0.05, 0.1) is 11.5 Å². The molecule has 0 saturated heterocycles. The Bertz CT molecular complexity index is 571. The maximum Gasteiger partial charge on any atom is 0.225 e. The lowest BCUT2D eigenvalue weighted by Crippen LogP contribution is -2.18. The van der Waals surface area contributed by atoms with Crippen LogP contribution < -0.4 is 10.6 Å². The van der Waals surface area contributed by atoms with E-state index in [0.29, 0.717) is 18.1 Å². The van der Waals surface area contributed by atoms with E-state index in [1.807, 2.05) is 7.05 Å². The van der Waals surface area contributed by atoms with E-state index < -0.39 is 0 Å². The lowest BCUT2D eigenvalue weighted by atomic mass is 10.2. The van der Waals surface area contributed by atoms with Gasteiger partial charge in [-0.05, 0) is 30.7 Å². The van der Waals surface area contributed by atoms with Gasteiger partial charge in [-0.2, -0.15) is 4.98 Å². The van der Waals surface area contributed by atoms with Crippen molar-refractivity contribution in [3.63, 3.8) is 0 Å². The number of rotatable bonds is 4. The summed E-state index contributed by atoms with van der Waals surface area (Å²) in [5, 5.41) is 9.71. The molecule has 1 saturated carbocycles. The van der Waals surface area contributed by atoms with Crippen LogP contribution in [0.4, 0.5) is 11.8 Å². The Morgan fingerprint density at radius 3 is 3.00 bits per heavy atom. The monoisotopic (exact) mass is 278 g/mol. The molecule has 0 amide bonds. The Morgan fingerprint density at radius 1 is 1.37 bits per heavy atom. The molecule has 2 atom stereocenters. The Hall–Kier alpha value is -1.40. The summed E-state index contributed by atoms with van der Waals surface area (Å²) in [5.41, 5.74) is 0. The summed E-state index contributed by atoms with van der Waals surface area (Å²) in [4.78, 5) is 10.0. The number of ether oxygens (including phenoxy) is 1. The highest BCUT2D eigenvalue weighted by atomic mass is 32.1. The van der Waals surface area contributed by atoms with Crippen molar-refractivity contribution in [1.29, 1.82) is 0 Å². The Labute approximate surface area is 116 Å². The van der Waals surface area contributed by atoms with Gasteiger partial charge < -0.3 is 15.4 Å². The first kappa shape index (κ1) is 12.6. The normalized spacial score (nSPS) is 22.8. The molecular weight excluding hydrogens is 260 g/mol. The summed E-state index contributed by atoms with van der Waals surface area (Å²) in [6, 6.07) is 2.51. The van der Waals surface area contributed by atoms with Gasteiger partial charge in [0.1, 0.15) is 10.6 Å². The zero-order chi connectivity index (χ0) is 13.2. The van der Waals surface area contributed by atoms with Crippen LogP contribution in [-0.2, 0) is 4.74 Å². The average molecular weight is 278 g/mol. The van der Waals surface area contributed by atoms with Gasteiger partial charge in [-0.3, -0.25) is 0 Å². The molecule has 1 aliphatic carbocycles. The highest BCUT2D eigenvalue weighted by molar-refractivity contribution is 7.16. The Morgan fingerprint density at radius 2 is 2.26 bits per heavy atom. The van der Waals surface area contributed by atoms with Crippen LogP contribution in [0.25, 0.3) is 10.2 Å². The van der Waals surface area contributed by atoms with Crippen molar-refractivity contribution in [1.82, 2.24) is 9.97 Å². The number of methoxy groups -OCH3 is 1. The fourth-order valence-corrected chi connectivity index (χ4v) is 3.32. The maximum atomic E-state index is 5.41. The van der Waals surface area contributed by atoms with Crippen molar-refractivity contribution < 1.29 is 4.74 Å². The molecule has 0 bridgehead atoms. The van der Waals surface area contributed by atoms with Crippen LogP contribution in [-0.4, -0.2) is 36.3 Å². The molecule has 1 fully saturated rings. The molecule has 2 unspecified atom stereocenters. The fourth-order valence-electron chi connectivity index (χ4n) is 2.56. The van der Waals surface area contributed by atoms with Gasteiger partial charge in [0, 0.05) is 20.2 Å². The van der Waals surface area contributed by atoms with E-state index in [1.165, 1.54) is 0 Å². The molecular formula is C13H18N4OS. The summed E-state index contributed by atoms with van der Waals surface area (Å²) in [6.07, 6.45) is 3.66. The minimum absolute atomic E-state index is 0.376. The van der Waals surface area contributed by atoms with Crippen molar-refractivity contribution in [3.8, 4) is 0 Å². The zero-order valence-electron chi connectivity index (χ0n) is 11.1. The molecule has 0 radical (unpaired) electrons. The van der Waals surface area contributed by atoms with Crippen LogP contribution in [0, 0.1) is 0 Å². The molecule has 2 aromatic heterocycles. The topological polar surface area (TPSA) is 59.1 Å². The summed E-state index contributed by atoms with van der Waals surface area (Å²) < 4.78 is 5.41. The zero-order valence-corrected chi connectivity index (χ0v) is 12.0. The Kier molecular flexibility index (Phi) is 3.52. The molecule has 102 valence electrons. The maximum absolute atomic E-state index is 5.41. The SMILES string of the molecule is CNc1nc(NC2CCC(OC)C2)c2ccsc2n1. The molecule has 2 aromatic rings. The highest BCUT2D eigenvalue weighted by Gasteiger charge is 2.25. The number of hydrogen-bond donors (Lipinski definition) is 2. The van der Waals surface area contributed by atoms with Gasteiger partial charge >= 0.3 is 0 Å². The first-order valence-corrected chi connectivity index (χ1v) is 7.40. The van der Waals surface area contributed by atoms with Crippen LogP contribution in [0.5, 0.6) is 0 Å². The number of fused-ring (bicyclic) bond motifs is 1. The average Bonchev–Trinajstić information content (AvgIpc) is 3.06. The second-order valence-corrected chi connectivity index (χ2v) is 5.69. The molecule has 6 heteroatoms. The van der Waals surface area contributed by atoms with Gasteiger partial charge in [0.2, 0.25) is 5.95 Å². The van der Waals surface area contributed by atoms with Crippen LogP contribution in [0.15, 0.2) is 11.4 Å². The van der Waals surface area contributed by atoms with Crippen molar-refractivity contribution in [2.24, 2.45) is 0 Å². The van der Waals surface area contributed by atoms with Crippen LogP contribution in [0.2, 0.25) is 0 Å². The molecule has 2 heterocycles. The first-order chi connectivity index (χ1) is 9.30. The van der Waals surface area contributed by atoms with E-state index in [0.717, 1.165) is 35.3 Å². The third-order valence-electron chi connectivity index (χ3n) is 3.61. The van der Waals surface area contributed by atoms with Crippen molar-refractivity contribution in [2.45, 2.75) is 31.4 Å². The molecule has 5 nitrogen and oxygen atoms in total. The molecule has 19 heavy (non-hydrogen) atoms. The largest absolute Gasteiger partial charge is 0.381 e. The summed E-state index contributed by atoms with van der Waals surface area (Å²) in [5.74, 6) is 1.59. The third-order valence-corrected chi connectivity index (χ3v) is 4.41. The first-order valence-electron chi connectivity index (χ1n) is 6.52. The highest BCUT2D eigenvalue weighted by Crippen LogP contribution is 2.30. The van der Waals surface area contributed by atoms with E-state index in [-0.39, 0.29) is 0 Å². The summed E-state index contributed by atoms with van der Waals surface area (Å²) >= 11 is 1.64. The second-order valence-electron chi connectivity index (χ2n) is 4.80. The van der Waals surface area contributed by atoms with E-state index in [1.54, 1.807) is 18.4 Å².